The summed E-state index contributed by atoms with van der Waals surface area (Å²) in [5.74, 6) is -0.360. The lowest BCUT2D eigenvalue weighted by Crippen LogP contribution is -2.42. The Labute approximate surface area is 221 Å². The molecule has 0 saturated carbocycles. The first-order chi connectivity index (χ1) is 18.7. The van der Waals surface area contributed by atoms with Crippen LogP contribution in [-0.2, 0) is 32.3 Å². The summed E-state index contributed by atoms with van der Waals surface area (Å²) in [6, 6.07) is 6.03. The molecule has 16 heteroatoms. The predicted molar refractivity (Wildman–Crippen MR) is 129 cm³/mol. The Hall–Kier alpha value is -3.36. The van der Waals surface area contributed by atoms with Gasteiger partial charge in [0, 0.05) is 12.0 Å². The van der Waals surface area contributed by atoms with E-state index < -0.39 is 49.9 Å². The van der Waals surface area contributed by atoms with E-state index in [1.54, 1.807) is 32.0 Å². The standard InChI is InChI=1S/C23H25FN5O9P/c1-3-32-19-16-18(27-21(25)28-19)29(11-26-16)20-23(2)17(36-22(30)37-23)15(35-20)10-34-39(31)33-9-8-14(38-39)12-6-4-5-7-13(12)24/h4-7,11,14-15,17,20H,3,8-10H2,1-2H3,(H2,25,27,28)/t14-,15-,17-,20-,23-,39+/m1/s1. The van der Waals surface area contributed by atoms with Crippen LogP contribution in [0.4, 0.5) is 15.1 Å². The number of anilines is 1. The molecule has 0 aliphatic carbocycles. The van der Waals surface area contributed by atoms with E-state index in [2.05, 4.69) is 15.0 Å². The molecule has 14 nitrogen and oxygen atoms in total. The van der Waals surface area contributed by atoms with E-state index >= 15 is 0 Å². The number of carbonyl (C=O) groups is 1. The molecule has 39 heavy (non-hydrogen) atoms. The predicted octanol–water partition coefficient (Wildman–Crippen LogP) is 3.44. The topological polar surface area (TPSA) is 168 Å². The lowest BCUT2D eigenvalue weighted by Gasteiger charge is -2.30. The number of fused-ring (bicyclic) bond motifs is 2. The fourth-order valence-corrected chi connectivity index (χ4v) is 6.35. The normalized spacial score (nSPS) is 32.1. The van der Waals surface area contributed by atoms with Crippen LogP contribution in [0.15, 0.2) is 30.6 Å². The SMILES string of the molecule is CCOc1nc(N)nc2c1ncn2[C@@H]1O[C@H](CO[P@]2(=O)OCC[C@H](c3ccccc3F)O2)[C@H]2OC(=O)O[C@]21C. The number of aromatic nitrogens is 4. The average molecular weight is 565 g/mol. The highest BCUT2D eigenvalue weighted by Gasteiger charge is 2.64. The zero-order chi connectivity index (χ0) is 27.4. The van der Waals surface area contributed by atoms with Crippen molar-refractivity contribution < 1.29 is 46.3 Å². The third kappa shape index (κ3) is 4.49. The van der Waals surface area contributed by atoms with E-state index in [0.717, 1.165) is 0 Å². The van der Waals surface area contributed by atoms with Crippen LogP contribution in [0.25, 0.3) is 11.2 Å². The van der Waals surface area contributed by atoms with E-state index in [1.165, 1.54) is 17.0 Å². The van der Waals surface area contributed by atoms with Crippen molar-refractivity contribution in [1.82, 2.24) is 19.5 Å². The summed E-state index contributed by atoms with van der Waals surface area (Å²) in [6.45, 7) is 3.40. The van der Waals surface area contributed by atoms with Gasteiger partial charge in [0.15, 0.2) is 29.1 Å². The number of nitrogens with two attached hydrogens (primary N) is 1. The molecule has 3 fully saturated rings. The van der Waals surface area contributed by atoms with Crippen molar-refractivity contribution in [2.75, 3.05) is 25.6 Å². The fraction of sp³-hybridized carbons (Fsp3) is 0.478. The molecule has 0 radical (unpaired) electrons. The van der Waals surface area contributed by atoms with Crippen LogP contribution in [0.2, 0.25) is 0 Å². The molecule has 3 aliphatic rings. The first kappa shape index (κ1) is 25.9. The van der Waals surface area contributed by atoms with E-state index in [9.17, 15) is 13.8 Å². The lowest BCUT2D eigenvalue weighted by molar-refractivity contribution is -0.0926. The van der Waals surface area contributed by atoms with Gasteiger partial charge < -0.3 is 24.7 Å². The second-order valence-corrected chi connectivity index (χ2v) is 10.8. The smallest absolute Gasteiger partial charge is 0.476 e. The number of ether oxygens (including phenoxy) is 4. The number of nitrogen functional groups attached to an aromatic ring is 1. The maximum absolute atomic E-state index is 14.3. The number of nitrogens with zero attached hydrogens (tertiary/aromatic N) is 4. The number of carbonyl (C=O) groups excluding carboxylic acids is 1. The van der Waals surface area contributed by atoms with Crippen LogP contribution < -0.4 is 10.5 Å². The molecule has 6 rings (SSSR count). The maximum Gasteiger partial charge on any atom is 0.509 e. The van der Waals surface area contributed by atoms with Crippen molar-refractivity contribution >= 4 is 31.1 Å². The summed E-state index contributed by atoms with van der Waals surface area (Å²) in [7, 11) is -4.12. The van der Waals surface area contributed by atoms with Crippen molar-refractivity contribution in [2.45, 2.75) is 50.4 Å². The van der Waals surface area contributed by atoms with E-state index in [1.807, 2.05) is 0 Å². The van der Waals surface area contributed by atoms with Gasteiger partial charge in [0.05, 0.1) is 32.3 Å². The molecular weight excluding hydrogens is 540 g/mol. The van der Waals surface area contributed by atoms with Crippen LogP contribution >= 0.6 is 7.82 Å². The Morgan fingerprint density at radius 1 is 1.31 bits per heavy atom. The minimum absolute atomic E-state index is 0.0218. The molecule has 1 aromatic carbocycles. The van der Waals surface area contributed by atoms with Gasteiger partial charge in [-0.2, -0.15) is 9.97 Å². The molecule has 3 aromatic rings. The summed E-state index contributed by atoms with van der Waals surface area (Å²) in [6.07, 6.45) is -2.94. The quantitative estimate of drug-likeness (QED) is 0.327. The highest BCUT2D eigenvalue weighted by molar-refractivity contribution is 7.48. The van der Waals surface area contributed by atoms with Crippen LogP contribution in [0.5, 0.6) is 5.88 Å². The molecule has 0 unspecified atom stereocenters. The van der Waals surface area contributed by atoms with Gasteiger partial charge in [0.1, 0.15) is 11.9 Å². The molecule has 5 heterocycles. The largest absolute Gasteiger partial charge is 0.509 e. The first-order valence-corrected chi connectivity index (χ1v) is 13.7. The van der Waals surface area contributed by atoms with Crippen molar-refractivity contribution in [3.05, 3.63) is 42.0 Å². The Kier molecular flexibility index (Phi) is 6.43. The number of phosphoric ester groups is 1. The molecule has 3 aliphatic heterocycles. The zero-order valence-corrected chi connectivity index (χ0v) is 21.8. The molecule has 6 atom stereocenters. The van der Waals surface area contributed by atoms with Gasteiger partial charge in [-0.05, 0) is 19.9 Å². The van der Waals surface area contributed by atoms with Gasteiger partial charge in [-0.3, -0.25) is 18.1 Å². The average Bonchev–Trinajstić information content (AvgIpc) is 3.52. The number of halogens is 1. The second kappa shape index (κ2) is 9.68. The molecule has 0 amide bonds. The number of rotatable bonds is 7. The lowest BCUT2D eigenvalue weighted by atomic mass is 9.96. The van der Waals surface area contributed by atoms with Gasteiger partial charge in [0.25, 0.3) is 0 Å². The molecule has 2 aromatic heterocycles. The second-order valence-electron chi connectivity index (χ2n) is 9.23. The Morgan fingerprint density at radius 3 is 2.92 bits per heavy atom. The number of hydrogen-bond acceptors (Lipinski definition) is 13. The minimum Gasteiger partial charge on any atom is -0.476 e. The van der Waals surface area contributed by atoms with Gasteiger partial charge in [-0.15, -0.1) is 0 Å². The summed E-state index contributed by atoms with van der Waals surface area (Å²) in [5, 5.41) is 0. The molecule has 208 valence electrons. The third-order valence-corrected chi connectivity index (χ3v) is 8.18. The first-order valence-electron chi connectivity index (χ1n) is 12.2. The summed E-state index contributed by atoms with van der Waals surface area (Å²) >= 11 is 0. The summed E-state index contributed by atoms with van der Waals surface area (Å²) < 4.78 is 68.3. The maximum atomic E-state index is 14.3. The van der Waals surface area contributed by atoms with Gasteiger partial charge in [-0.25, -0.2) is 18.7 Å². The van der Waals surface area contributed by atoms with Crippen LogP contribution in [0.3, 0.4) is 0 Å². The van der Waals surface area contributed by atoms with Crippen molar-refractivity contribution in [2.24, 2.45) is 0 Å². The van der Waals surface area contributed by atoms with Crippen molar-refractivity contribution in [3.63, 3.8) is 0 Å². The Balaban J connectivity index is 1.25. The van der Waals surface area contributed by atoms with Crippen LogP contribution in [-0.4, -0.2) is 63.3 Å². The number of imidazole rings is 1. The fourth-order valence-electron chi connectivity index (χ4n) is 4.97. The summed E-state index contributed by atoms with van der Waals surface area (Å²) in [4.78, 5) is 24.9. The zero-order valence-electron chi connectivity index (χ0n) is 20.9. The minimum atomic E-state index is -4.12. The van der Waals surface area contributed by atoms with Crippen molar-refractivity contribution in [3.8, 4) is 5.88 Å². The van der Waals surface area contributed by atoms with E-state index in [0.29, 0.717) is 12.1 Å². The van der Waals surface area contributed by atoms with Crippen molar-refractivity contribution in [1.29, 1.82) is 0 Å². The van der Waals surface area contributed by atoms with Crippen LogP contribution in [0, 0.1) is 5.82 Å². The summed E-state index contributed by atoms with van der Waals surface area (Å²) in [5.41, 5.74) is 5.38. The highest BCUT2D eigenvalue weighted by atomic mass is 31.2. The molecule has 3 saturated heterocycles. The van der Waals surface area contributed by atoms with Gasteiger partial charge in [-0.1, -0.05) is 18.2 Å². The molecule has 0 spiro atoms. The molecular formula is C23H25FN5O9P. The van der Waals surface area contributed by atoms with E-state index in [4.69, 9.17) is 38.3 Å². The van der Waals surface area contributed by atoms with Gasteiger partial charge >= 0.3 is 14.0 Å². The van der Waals surface area contributed by atoms with Gasteiger partial charge in [0.2, 0.25) is 11.8 Å². The monoisotopic (exact) mass is 565 g/mol. The Morgan fingerprint density at radius 2 is 2.13 bits per heavy atom. The highest BCUT2D eigenvalue weighted by Crippen LogP contribution is 2.58. The third-order valence-electron chi connectivity index (χ3n) is 6.70. The number of phosphoric acid groups is 1. The Bertz CT molecular complexity index is 1470. The van der Waals surface area contributed by atoms with Crippen LogP contribution in [0.1, 0.15) is 38.2 Å². The number of hydrogen-bond donors (Lipinski definition) is 1. The van der Waals surface area contributed by atoms with E-state index in [-0.39, 0.29) is 42.7 Å². The molecule has 2 N–H and O–H groups in total. The number of benzene rings is 1. The molecule has 0 bridgehead atoms.